The maximum absolute atomic E-state index is 12.1. The van der Waals surface area contributed by atoms with Crippen LogP contribution in [0.1, 0.15) is 45.6 Å². The van der Waals surface area contributed by atoms with Gasteiger partial charge in [0, 0.05) is 30.7 Å². The van der Waals surface area contributed by atoms with Crippen LogP contribution in [0, 0.1) is 5.92 Å². The number of hydrogen-bond acceptors (Lipinski definition) is 3. The second-order valence-corrected chi connectivity index (χ2v) is 7.89. The summed E-state index contributed by atoms with van der Waals surface area (Å²) in [5, 5.41) is 12.0. The molecule has 0 atom stereocenters. The van der Waals surface area contributed by atoms with Crippen LogP contribution in [-0.4, -0.2) is 36.9 Å². The molecule has 0 aromatic heterocycles. The highest BCUT2D eigenvalue weighted by Gasteiger charge is 2.25. The maximum Gasteiger partial charge on any atom is 0.239 e. The third-order valence-corrected chi connectivity index (χ3v) is 4.28. The van der Waals surface area contributed by atoms with Gasteiger partial charge in [-0.25, -0.2) is 0 Å². The Kier molecular flexibility index (Phi) is 7.21. The van der Waals surface area contributed by atoms with E-state index in [0.717, 1.165) is 30.5 Å². The summed E-state index contributed by atoms with van der Waals surface area (Å²) in [6.07, 6.45) is 3.11. The third kappa shape index (κ3) is 7.29. The average molecular weight is 374 g/mol. The SMILES string of the molecule is CN=C(NCC(=O)NC(C)(C)C)NCc1cccc(NC(=O)C2CCC2)c1. The summed E-state index contributed by atoms with van der Waals surface area (Å²) in [5.74, 6) is 0.719. The van der Waals surface area contributed by atoms with Gasteiger partial charge in [0.1, 0.15) is 0 Å². The van der Waals surface area contributed by atoms with Gasteiger partial charge in [-0.3, -0.25) is 14.6 Å². The van der Waals surface area contributed by atoms with Gasteiger partial charge in [-0.2, -0.15) is 0 Å². The summed E-state index contributed by atoms with van der Waals surface area (Å²) < 4.78 is 0. The minimum atomic E-state index is -0.264. The lowest BCUT2D eigenvalue weighted by Crippen LogP contribution is -2.48. The average Bonchev–Trinajstić information content (AvgIpc) is 2.52. The Morgan fingerprint density at radius 3 is 2.52 bits per heavy atom. The van der Waals surface area contributed by atoms with Crippen molar-refractivity contribution in [2.75, 3.05) is 18.9 Å². The van der Waals surface area contributed by atoms with Gasteiger partial charge in [-0.1, -0.05) is 18.6 Å². The molecular formula is C20H31N5O2. The van der Waals surface area contributed by atoms with Crippen LogP contribution in [0.5, 0.6) is 0 Å². The predicted molar refractivity (Wildman–Crippen MR) is 109 cm³/mol. The van der Waals surface area contributed by atoms with Crippen molar-refractivity contribution in [3.8, 4) is 0 Å². The maximum atomic E-state index is 12.1. The van der Waals surface area contributed by atoms with E-state index < -0.39 is 0 Å². The number of nitrogens with one attached hydrogen (secondary N) is 4. The lowest BCUT2D eigenvalue weighted by Gasteiger charge is -2.24. The zero-order valence-electron chi connectivity index (χ0n) is 16.7. The number of amides is 2. The molecule has 0 unspecified atom stereocenters. The summed E-state index contributed by atoms with van der Waals surface area (Å²) in [6, 6.07) is 7.74. The number of nitrogens with zero attached hydrogens (tertiary/aromatic N) is 1. The van der Waals surface area contributed by atoms with Crippen LogP contribution < -0.4 is 21.3 Å². The van der Waals surface area contributed by atoms with Crippen LogP contribution >= 0.6 is 0 Å². The number of carbonyl (C=O) groups excluding carboxylic acids is 2. The topological polar surface area (TPSA) is 94.6 Å². The Morgan fingerprint density at radius 2 is 1.93 bits per heavy atom. The number of rotatable bonds is 6. The summed E-state index contributed by atoms with van der Waals surface area (Å²) in [5.41, 5.74) is 1.56. The van der Waals surface area contributed by atoms with E-state index in [9.17, 15) is 9.59 Å². The molecule has 4 N–H and O–H groups in total. The molecule has 27 heavy (non-hydrogen) atoms. The number of guanidine groups is 1. The number of anilines is 1. The standard InChI is InChI=1S/C20H31N5O2/c1-20(2,3)25-17(26)13-23-19(21-4)22-12-14-7-5-10-16(11-14)24-18(27)15-8-6-9-15/h5,7,10-11,15H,6,8-9,12-13H2,1-4H3,(H,24,27)(H,25,26)(H2,21,22,23). The van der Waals surface area contributed by atoms with Crippen molar-refractivity contribution in [3.63, 3.8) is 0 Å². The van der Waals surface area contributed by atoms with E-state index in [0.29, 0.717) is 12.5 Å². The number of aliphatic imine (C=N–C) groups is 1. The normalized spacial score (nSPS) is 14.9. The summed E-state index contributed by atoms with van der Waals surface area (Å²) in [4.78, 5) is 28.1. The van der Waals surface area contributed by atoms with Gasteiger partial charge in [-0.05, 0) is 51.3 Å². The Hall–Kier alpha value is -2.57. The highest BCUT2D eigenvalue weighted by molar-refractivity contribution is 5.93. The molecule has 0 radical (unpaired) electrons. The zero-order valence-corrected chi connectivity index (χ0v) is 16.7. The van der Waals surface area contributed by atoms with Crippen LogP contribution in [0.25, 0.3) is 0 Å². The van der Waals surface area contributed by atoms with E-state index in [1.54, 1.807) is 7.05 Å². The molecule has 2 rings (SSSR count). The van der Waals surface area contributed by atoms with E-state index in [1.165, 1.54) is 0 Å². The minimum absolute atomic E-state index is 0.0915. The molecule has 1 aromatic carbocycles. The van der Waals surface area contributed by atoms with E-state index in [4.69, 9.17) is 0 Å². The highest BCUT2D eigenvalue weighted by Crippen LogP contribution is 2.27. The first kappa shape index (κ1) is 20.7. The lowest BCUT2D eigenvalue weighted by atomic mass is 9.85. The molecule has 1 fully saturated rings. The van der Waals surface area contributed by atoms with Crippen LogP contribution in [0.15, 0.2) is 29.3 Å². The molecular weight excluding hydrogens is 342 g/mol. The second-order valence-electron chi connectivity index (χ2n) is 7.89. The molecule has 148 valence electrons. The first-order chi connectivity index (χ1) is 12.8. The fraction of sp³-hybridized carbons (Fsp3) is 0.550. The zero-order chi connectivity index (χ0) is 19.9. The van der Waals surface area contributed by atoms with Gasteiger partial charge in [0.25, 0.3) is 0 Å². The van der Waals surface area contributed by atoms with Gasteiger partial charge >= 0.3 is 0 Å². The fourth-order valence-electron chi connectivity index (χ4n) is 2.71. The van der Waals surface area contributed by atoms with Crippen molar-refractivity contribution in [2.45, 2.75) is 52.1 Å². The molecule has 1 saturated carbocycles. The van der Waals surface area contributed by atoms with Gasteiger partial charge in [0.15, 0.2) is 5.96 Å². The van der Waals surface area contributed by atoms with E-state index in [2.05, 4.69) is 26.3 Å². The number of carbonyl (C=O) groups is 2. The van der Waals surface area contributed by atoms with Crippen molar-refractivity contribution >= 4 is 23.5 Å². The monoisotopic (exact) mass is 373 g/mol. The summed E-state index contributed by atoms with van der Waals surface area (Å²) >= 11 is 0. The molecule has 0 bridgehead atoms. The lowest BCUT2D eigenvalue weighted by molar-refractivity contribution is -0.122. The molecule has 0 spiro atoms. The Morgan fingerprint density at radius 1 is 1.19 bits per heavy atom. The molecule has 0 saturated heterocycles. The highest BCUT2D eigenvalue weighted by atomic mass is 16.2. The number of hydrogen-bond donors (Lipinski definition) is 4. The fourth-order valence-corrected chi connectivity index (χ4v) is 2.71. The smallest absolute Gasteiger partial charge is 0.239 e. The summed E-state index contributed by atoms with van der Waals surface area (Å²) in [6.45, 7) is 6.50. The summed E-state index contributed by atoms with van der Waals surface area (Å²) in [7, 11) is 1.66. The molecule has 1 aromatic rings. The predicted octanol–water partition coefficient (Wildman–Crippen LogP) is 2.00. The van der Waals surface area contributed by atoms with Crippen LogP contribution in [-0.2, 0) is 16.1 Å². The van der Waals surface area contributed by atoms with Gasteiger partial charge in [0.2, 0.25) is 11.8 Å². The second kappa shape index (κ2) is 9.39. The largest absolute Gasteiger partial charge is 0.352 e. The van der Waals surface area contributed by atoms with E-state index in [-0.39, 0.29) is 29.8 Å². The van der Waals surface area contributed by atoms with Crippen molar-refractivity contribution in [1.29, 1.82) is 0 Å². The van der Waals surface area contributed by atoms with Crippen molar-refractivity contribution < 1.29 is 9.59 Å². The quantitative estimate of drug-likeness (QED) is 0.453. The molecule has 0 heterocycles. The van der Waals surface area contributed by atoms with Crippen LogP contribution in [0.3, 0.4) is 0 Å². The first-order valence-electron chi connectivity index (χ1n) is 9.42. The molecule has 7 heteroatoms. The van der Waals surface area contributed by atoms with Gasteiger partial charge in [0.05, 0.1) is 6.54 Å². The third-order valence-electron chi connectivity index (χ3n) is 4.28. The van der Waals surface area contributed by atoms with E-state index in [1.807, 2.05) is 45.0 Å². The molecule has 1 aliphatic carbocycles. The molecule has 1 aliphatic rings. The Labute approximate surface area is 161 Å². The minimum Gasteiger partial charge on any atom is -0.352 e. The van der Waals surface area contributed by atoms with Crippen molar-refractivity contribution in [3.05, 3.63) is 29.8 Å². The van der Waals surface area contributed by atoms with Crippen molar-refractivity contribution in [2.24, 2.45) is 10.9 Å². The van der Waals surface area contributed by atoms with Crippen molar-refractivity contribution in [1.82, 2.24) is 16.0 Å². The first-order valence-corrected chi connectivity index (χ1v) is 9.42. The number of benzene rings is 1. The van der Waals surface area contributed by atoms with E-state index >= 15 is 0 Å². The van der Waals surface area contributed by atoms with Crippen LogP contribution in [0.2, 0.25) is 0 Å². The molecule has 2 amide bonds. The molecule has 7 nitrogen and oxygen atoms in total. The van der Waals surface area contributed by atoms with Gasteiger partial charge < -0.3 is 21.3 Å². The Bertz CT molecular complexity index is 690. The molecule has 0 aliphatic heterocycles. The van der Waals surface area contributed by atoms with Crippen LogP contribution in [0.4, 0.5) is 5.69 Å². The van der Waals surface area contributed by atoms with Gasteiger partial charge in [-0.15, -0.1) is 0 Å². The Balaban J connectivity index is 1.81.